The Balaban J connectivity index is 1.54. The van der Waals surface area contributed by atoms with Gasteiger partial charge in [-0.15, -0.1) is 0 Å². The first-order chi connectivity index (χ1) is 12.8. The van der Waals surface area contributed by atoms with Crippen LogP contribution in [0.4, 0.5) is 18.9 Å². The van der Waals surface area contributed by atoms with Crippen LogP contribution >= 0.6 is 0 Å². The Bertz CT molecular complexity index is 753. The number of halogens is 3. The molecular weight excluding hydrogens is 349 g/mol. The smallest absolute Gasteiger partial charge is 0.370 e. The van der Waals surface area contributed by atoms with E-state index in [1.165, 1.54) is 16.8 Å². The third-order valence-electron chi connectivity index (χ3n) is 5.30. The first-order valence-corrected chi connectivity index (χ1v) is 9.50. The van der Waals surface area contributed by atoms with E-state index in [9.17, 15) is 13.2 Å². The van der Waals surface area contributed by atoms with E-state index in [0.29, 0.717) is 18.2 Å². The second-order valence-electron chi connectivity index (χ2n) is 7.54. The molecule has 0 aliphatic carbocycles. The van der Waals surface area contributed by atoms with Gasteiger partial charge in [-0.05, 0) is 61.1 Å². The van der Waals surface area contributed by atoms with Gasteiger partial charge in [0.05, 0.1) is 6.42 Å². The van der Waals surface area contributed by atoms with E-state index in [1.807, 2.05) is 0 Å². The van der Waals surface area contributed by atoms with E-state index in [4.69, 9.17) is 0 Å². The van der Waals surface area contributed by atoms with Gasteiger partial charge in [-0.2, -0.15) is 13.2 Å². The average molecular weight is 376 g/mol. The summed E-state index contributed by atoms with van der Waals surface area (Å²) in [7, 11) is 0. The highest BCUT2D eigenvalue weighted by molar-refractivity contribution is 5.51. The fourth-order valence-electron chi connectivity index (χ4n) is 3.57. The normalized spacial score (nSPS) is 18.0. The molecule has 2 aromatic rings. The lowest BCUT2D eigenvalue weighted by atomic mass is 10.0. The van der Waals surface area contributed by atoms with Crippen LogP contribution in [0.3, 0.4) is 0 Å². The van der Waals surface area contributed by atoms with Crippen molar-refractivity contribution in [2.45, 2.75) is 51.9 Å². The Labute approximate surface area is 159 Å². The van der Waals surface area contributed by atoms with Crippen molar-refractivity contribution in [2.75, 3.05) is 18.0 Å². The average Bonchev–Trinajstić information content (AvgIpc) is 2.62. The van der Waals surface area contributed by atoms with Gasteiger partial charge in [0, 0.05) is 31.4 Å². The summed E-state index contributed by atoms with van der Waals surface area (Å²) in [5.41, 5.74) is 5.20. The quantitative estimate of drug-likeness (QED) is 0.775. The zero-order valence-corrected chi connectivity index (χ0v) is 15.9. The van der Waals surface area contributed by atoms with Crippen LogP contribution in [0.5, 0.6) is 0 Å². The van der Waals surface area contributed by atoms with Crippen LogP contribution in [-0.2, 0) is 13.0 Å². The minimum Gasteiger partial charge on any atom is -0.370 e. The molecular formula is C22H27F3N2. The molecule has 0 aromatic heterocycles. The maximum absolute atomic E-state index is 12.4. The molecule has 1 saturated heterocycles. The molecule has 0 radical (unpaired) electrons. The first kappa shape index (κ1) is 19.7. The lowest BCUT2D eigenvalue weighted by Gasteiger charge is -2.35. The van der Waals surface area contributed by atoms with Crippen molar-refractivity contribution in [1.82, 2.24) is 5.32 Å². The van der Waals surface area contributed by atoms with Crippen molar-refractivity contribution >= 4 is 5.69 Å². The van der Waals surface area contributed by atoms with Crippen molar-refractivity contribution in [3.63, 3.8) is 0 Å². The molecule has 1 N–H and O–H groups in total. The highest BCUT2D eigenvalue weighted by Gasteiger charge is 2.27. The summed E-state index contributed by atoms with van der Waals surface area (Å²) in [6.07, 6.45) is -2.77. The molecule has 0 spiro atoms. The third kappa shape index (κ3) is 5.73. The molecule has 0 saturated carbocycles. The van der Waals surface area contributed by atoms with Crippen LogP contribution in [0, 0.1) is 13.8 Å². The number of anilines is 1. The minimum absolute atomic E-state index is 0.310. The molecule has 1 heterocycles. The Morgan fingerprint density at radius 2 is 1.70 bits per heavy atom. The Morgan fingerprint density at radius 1 is 1.00 bits per heavy atom. The molecule has 5 heteroatoms. The zero-order valence-electron chi connectivity index (χ0n) is 15.9. The van der Waals surface area contributed by atoms with Gasteiger partial charge in [-0.3, -0.25) is 0 Å². The topological polar surface area (TPSA) is 15.3 Å². The number of rotatable bonds is 5. The van der Waals surface area contributed by atoms with Crippen molar-refractivity contribution in [3.8, 4) is 0 Å². The van der Waals surface area contributed by atoms with Gasteiger partial charge in [0.2, 0.25) is 0 Å². The van der Waals surface area contributed by atoms with Crippen molar-refractivity contribution in [2.24, 2.45) is 0 Å². The summed E-state index contributed by atoms with van der Waals surface area (Å²) < 4.78 is 37.3. The number of nitrogens with one attached hydrogen (secondary N) is 1. The second-order valence-corrected chi connectivity index (χ2v) is 7.54. The van der Waals surface area contributed by atoms with E-state index in [2.05, 4.69) is 42.3 Å². The van der Waals surface area contributed by atoms with Gasteiger partial charge in [0.25, 0.3) is 0 Å². The molecule has 1 fully saturated rings. The van der Waals surface area contributed by atoms with E-state index in [0.717, 1.165) is 31.5 Å². The van der Waals surface area contributed by atoms with Gasteiger partial charge in [-0.1, -0.05) is 30.3 Å². The summed E-state index contributed by atoms with van der Waals surface area (Å²) in [5.74, 6) is 0. The predicted molar refractivity (Wildman–Crippen MR) is 104 cm³/mol. The summed E-state index contributed by atoms with van der Waals surface area (Å²) in [4.78, 5) is 2.42. The van der Waals surface area contributed by atoms with Crippen LogP contribution in [-0.4, -0.2) is 25.3 Å². The predicted octanol–water partition coefficient (Wildman–Crippen LogP) is 5.17. The van der Waals surface area contributed by atoms with Gasteiger partial charge in [0.15, 0.2) is 0 Å². The van der Waals surface area contributed by atoms with Crippen molar-refractivity contribution in [1.29, 1.82) is 0 Å². The van der Waals surface area contributed by atoms with Crippen LogP contribution in [0.2, 0.25) is 0 Å². The molecule has 27 heavy (non-hydrogen) atoms. The number of benzene rings is 2. The molecule has 3 rings (SSSR count). The number of nitrogens with zero attached hydrogens (tertiary/aromatic N) is 1. The third-order valence-corrected chi connectivity index (χ3v) is 5.30. The zero-order chi connectivity index (χ0) is 19.4. The standard InChI is InChI=1S/C22H27F3N2/c1-16-5-10-21(12-17(16)2)27-11-3-4-20(15-27)26-14-19-8-6-18(7-9-19)13-22(23,24)25/h5-10,12,20,26H,3-4,11,13-15H2,1-2H3. The van der Waals surface area contributed by atoms with Crippen LogP contribution in [0.25, 0.3) is 0 Å². The Morgan fingerprint density at radius 3 is 2.37 bits per heavy atom. The molecule has 1 aliphatic rings. The van der Waals surface area contributed by atoms with Crippen LogP contribution < -0.4 is 10.2 Å². The highest BCUT2D eigenvalue weighted by atomic mass is 19.4. The SMILES string of the molecule is Cc1ccc(N2CCCC(NCc3ccc(CC(F)(F)F)cc3)C2)cc1C. The van der Waals surface area contributed by atoms with Gasteiger partial charge in [0.1, 0.15) is 0 Å². The van der Waals surface area contributed by atoms with E-state index >= 15 is 0 Å². The fourth-order valence-corrected chi connectivity index (χ4v) is 3.57. The van der Waals surface area contributed by atoms with Gasteiger partial charge in [-0.25, -0.2) is 0 Å². The summed E-state index contributed by atoms with van der Waals surface area (Å²) in [6, 6.07) is 13.7. The second kappa shape index (κ2) is 8.34. The maximum atomic E-state index is 12.4. The largest absolute Gasteiger partial charge is 0.393 e. The molecule has 1 unspecified atom stereocenters. The molecule has 2 aromatic carbocycles. The van der Waals surface area contributed by atoms with Gasteiger partial charge < -0.3 is 10.2 Å². The summed E-state index contributed by atoms with van der Waals surface area (Å²) in [6.45, 7) is 6.96. The number of hydrogen-bond acceptors (Lipinski definition) is 2. The van der Waals surface area contributed by atoms with E-state index < -0.39 is 12.6 Å². The first-order valence-electron chi connectivity index (χ1n) is 9.50. The molecule has 0 amide bonds. The number of piperidine rings is 1. The Hall–Kier alpha value is -2.01. The Kier molecular flexibility index (Phi) is 6.10. The summed E-state index contributed by atoms with van der Waals surface area (Å²) in [5, 5.41) is 3.57. The lowest BCUT2D eigenvalue weighted by molar-refractivity contribution is -0.127. The maximum Gasteiger partial charge on any atom is 0.393 e. The molecule has 1 atom stereocenters. The number of alkyl halides is 3. The monoisotopic (exact) mass is 376 g/mol. The summed E-state index contributed by atoms with van der Waals surface area (Å²) >= 11 is 0. The number of aryl methyl sites for hydroxylation is 2. The molecule has 1 aliphatic heterocycles. The molecule has 0 bridgehead atoms. The minimum atomic E-state index is -4.15. The van der Waals surface area contributed by atoms with Crippen molar-refractivity contribution in [3.05, 3.63) is 64.7 Å². The van der Waals surface area contributed by atoms with Crippen LogP contribution in [0.1, 0.15) is 35.1 Å². The van der Waals surface area contributed by atoms with E-state index in [1.54, 1.807) is 24.3 Å². The van der Waals surface area contributed by atoms with Crippen LogP contribution in [0.15, 0.2) is 42.5 Å². The van der Waals surface area contributed by atoms with E-state index in [-0.39, 0.29) is 0 Å². The highest BCUT2D eigenvalue weighted by Crippen LogP contribution is 2.23. The van der Waals surface area contributed by atoms with Crippen molar-refractivity contribution < 1.29 is 13.2 Å². The molecule has 146 valence electrons. The van der Waals surface area contributed by atoms with Gasteiger partial charge >= 0.3 is 6.18 Å². The number of hydrogen-bond donors (Lipinski definition) is 1. The molecule has 2 nitrogen and oxygen atoms in total. The lowest BCUT2D eigenvalue weighted by Crippen LogP contribution is -2.45. The fraction of sp³-hybridized carbons (Fsp3) is 0.455.